The van der Waals surface area contributed by atoms with Gasteiger partial charge in [-0.1, -0.05) is 0 Å². The summed E-state index contributed by atoms with van der Waals surface area (Å²) in [5.74, 6) is -0.320. The van der Waals surface area contributed by atoms with E-state index in [1.165, 1.54) is 0 Å². The van der Waals surface area contributed by atoms with Gasteiger partial charge < -0.3 is 9.47 Å². The first-order chi connectivity index (χ1) is 8.20. The molecule has 2 rings (SSSR count). The molecular formula is C12H17NO3S. The minimum Gasteiger partial charge on any atom is -0.461 e. The molecule has 1 fully saturated rings. The van der Waals surface area contributed by atoms with E-state index in [-0.39, 0.29) is 12.1 Å². The van der Waals surface area contributed by atoms with Gasteiger partial charge in [0.25, 0.3) is 0 Å². The number of carbonyl (C=O) groups excluding carboxylic acids is 1. The number of esters is 1. The van der Waals surface area contributed by atoms with Gasteiger partial charge in [-0.3, -0.25) is 0 Å². The second-order valence-corrected chi connectivity index (χ2v) is 5.36. The molecule has 0 N–H and O–H groups in total. The molecule has 17 heavy (non-hydrogen) atoms. The lowest BCUT2D eigenvalue weighted by Crippen LogP contribution is -2.10. The van der Waals surface area contributed by atoms with Crippen LogP contribution in [-0.2, 0) is 15.9 Å². The summed E-state index contributed by atoms with van der Waals surface area (Å²) in [6.45, 7) is 4.94. The normalized spacial score (nSPS) is 19.5. The summed E-state index contributed by atoms with van der Waals surface area (Å²) in [5.41, 5.74) is 0.463. The van der Waals surface area contributed by atoms with Gasteiger partial charge in [0.15, 0.2) is 5.69 Å². The van der Waals surface area contributed by atoms with E-state index in [1.807, 2.05) is 6.92 Å². The molecular weight excluding hydrogens is 238 g/mol. The van der Waals surface area contributed by atoms with Crippen molar-refractivity contribution in [3.05, 3.63) is 15.6 Å². The fourth-order valence-corrected chi connectivity index (χ4v) is 2.91. The number of nitrogens with zero attached hydrogens (tertiary/aromatic N) is 1. The Morgan fingerprint density at radius 2 is 2.47 bits per heavy atom. The molecule has 0 radical (unpaired) electrons. The van der Waals surface area contributed by atoms with Crippen LogP contribution in [0.1, 0.15) is 40.1 Å². The fraction of sp³-hybridized carbons (Fsp3) is 0.667. The molecule has 1 aromatic rings. The zero-order chi connectivity index (χ0) is 12.3. The van der Waals surface area contributed by atoms with Gasteiger partial charge in [0.2, 0.25) is 0 Å². The lowest BCUT2D eigenvalue weighted by molar-refractivity contribution is 0.0519. The molecule has 0 amide bonds. The topological polar surface area (TPSA) is 48.4 Å². The third kappa shape index (κ3) is 3.04. The highest BCUT2D eigenvalue weighted by Gasteiger charge is 2.21. The number of hydrogen-bond donors (Lipinski definition) is 0. The van der Waals surface area contributed by atoms with Gasteiger partial charge in [-0.15, -0.1) is 11.3 Å². The van der Waals surface area contributed by atoms with E-state index in [0.29, 0.717) is 12.3 Å². The van der Waals surface area contributed by atoms with Crippen LogP contribution in [0.4, 0.5) is 0 Å². The SMILES string of the molecule is CCOC(=O)c1nc(CC2CCCO2)sc1C. The minimum atomic E-state index is -0.320. The van der Waals surface area contributed by atoms with E-state index in [0.717, 1.165) is 35.8 Å². The molecule has 0 aliphatic carbocycles. The Morgan fingerprint density at radius 3 is 3.12 bits per heavy atom. The minimum absolute atomic E-state index is 0.274. The molecule has 0 saturated carbocycles. The molecule has 1 atom stereocenters. The smallest absolute Gasteiger partial charge is 0.358 e. The Bertz CT molecular complexity index is 396. The number of thiazole rings is 1. The number of hydrogen-bond acceptors (Lipinski definition) is 5. The van der Waals surface area contributed by atoms with Crippen LogP contribution in [0, 0.1) is 6.92 Å². The maximum atomic E-state index is 11.6. The maximum absolute atomic E-state index is 11.6. The predicted molar refractivity (Wildman–Crippen MR) is 65.5 cm³/mol. The Labute approximate surface area is 105 Å². The lowest BCUT2D eigenvalue weighted by Gasteiger charge is -2.05. The highest BCUT2D eigenvalue weighted by atomic mass is 32.1. The molecule has 94 valence electrons. The van der Waals surface area contributed by atoms with Crippen molar-refractivity contribution in [1.82, 2.24) is 4.98 Å². The van der Waals surface area contributed by atoms with E-state index < -0.39 is 0 Å². The average Bonchev–Trinajstić information content (AvgIpc) is 2.89. The summed E-state index contributed by atoms with van der Waals surface area (Å²) in [7, 11) is 0. The van der Waals surface area contributed by atoms with Crippen molar-refractivity contribution in [2.45, 2.75) is 39.2 Å². The van der Waals surface area contributed by atoms with Crippen molar-refractivity contribution < 1.29 is 14.3 Å². The third-order valence-electron chi connectivity index (χ3n) is 2.74. The average molecular weight is 255 g/mol. The first kappa shape index (κ1) is 12.5. The van der Waals surface area contributed by atoms with Crippen molar-refractivity contribution in [3.63, 3.8) is 0 Å². The molecule has 2 heterocycles. The van der Waals surface area contributed by atoms with Gasteiger partial charge in [0.1, 0.15) is 0 Å². The maximum Gasteiger partial charge on any atom is 0.358 e. The monoisotopic (exact) mass is 255 g/mol. The molecule has 1 aliphatic rings. The highest BCUT2D eigenvalue weighted by Crippen LogP contribution is 2.23. The first-order valence-corrected chi connectivity index (χ1v) is 6.77. The summed E-state index contributed by atoms with van der Waals surface area (Å²) in [5, 5.41) is 0.970. The van der Waals surface area contributed by atoms with Crippen molar-refractivity contribution in [1.29, 1.82) is 0 Å². The molecule has 0 bridgehead atoms. The van der Waals surface area contributed by atoms with Gasteiger partial charge in [0.05, 0.1) is 17.7 Å². The predicted octanol–water partition coefficient (Wildman–Crippen LogP) is 2.35. The zero-order valence-electron chi connectivity index (χ0n) is 10.2. The van der Waals surface area contributed by atoms with Gasteiger partial charge >= 0.3 is 5.97 Å². The molecule has 1 unspecified atom stereocenters. The van der Waals surface area contributed by atoms with Crippen LogP contribution in [0.25, 0.3) is 0 Å². The molecule has 0 aromatic carbocycles. The Kier molecular flexibility index (Phi) is 4.12. The van der Waals surface area contributed by atoms with Crippen LogP contribution in [-0.4, -0.2) is 30.3 Å². The van der Waals surface area contributed by atoms with E-state index in [1.54, 1.807) is 18.3 Å². The van der Waals surface area contributed by atoms with Crippen molar-refractivity contribution in [3.8, 4) is 0 Å². The molecule has 5 heteroatoms. The standard InChI is InChI=1S/C12H17NO3S/c1-3-15-12(14)11-8(2)17-10(13-11)7-9-5-4-6-16-9/h9H,3-7H2,1-2H3. The zero-order valence-corrected chi connectivity index (χ0v) is 11.0. The van der Waals surface area contributed by atoms with E-state index in [9.17, 15) is 4.79 Å². The first-order valence-electron chi connectivity index (χ1n) is 5.95. The van der Waals surface area contributed by atoms with Crippen LogP contribution in [0.15, 0.2) is 0 Å². The second kappa shape index (κ2) is 5.60. The van der Waals surface area contributed by atoms with E-state index in [2.05, 4.69) is 4.98 Å². The number of ether oxygens (including phenoxy) is 2. The van der Waals surface area contributed by atoms with Gasteiger partial charge in [-0.25, -0.2) is 9.78 Å². The van der Waals surface area contributed by atoms with E-state index in [4.69, 9.17) is 9.47 Å². The Hall–Kier alpha value is -0.940. The van der Waals surface area contributed by atoms with Crippen LogP contribution in [0.3, 0.4) is 0 Å². The summed E-state index contributed by atoms with van der Waals surface area (Å²) < 4.78 is 10.5. The number of carbonyl (C=O) groups is 1. The number of aromatic nitrogens is 1. The van der Waals surface area contributed by atoms with Gasteiger partial charge in [-0.2, -0.15) is 0 Å². The van der Waals surface area contributed by atoms with Crippen molar-refractivity contribution in [2.24, 2.45) is 0 Å². The van der Waals surface area contributed by atoms with Gasteiger partial charge in [0, 0.05) is 17.9 Å². The summed E-state index contributed by atoms with van der Waals surface area (Å²) in [4.78, 5) is 16.9. The van der Waals surface area contributed by atoms with Crippen molar-refractivity contribution in [2.75, 3.05) is 13.2 Å². The highest BCUT2D eigenvalue weighted by molar-refractivity contribution is 7.11. The molecule has 1 saturated heterocycles. The van der Waals surface area contributed by atoms with Crippen molar-refractivity contribution >= 4 is 17.3 Å². The summed E-state index contributed by atoms with van der Waals surface area (Å²) in [6.07, 6.45) is 3.30. The van der Waals surface area contributed by atoms with Crippen LogP contribution in [0.2, 0.25) is 0 Å². The quantitative estimate of drug-likeness (QED) is 0.775. The molecule has 1 aliphatic heterocycles. The summed E-state index contributed by atoms with van der Waals surface area (Å²) >= 11 is 1.56. The Balaban J connectivity index is 2.04. The van der Waals surface area contributed by atoms with Gasteiger partial charge in [-0.05, 0) is 26.7 Å². The number of aryl methyl sites for hydroxylation is 1. The Morgan fingerprint density at radius 1 is 1.65 bits per heavy atom. The fourth-order valence-electron chi connectivity index (χ4n) is 1.93. The van der Waals surface area contributed by atoms with Crippen LogP contribution >= 0.6 is 11.3 Å². The third-order valence-corrected chi connectivity index (χ3v) is 3.73. The van der Waals surface area contributed by atoms with Crippen LogP contribution < -0.4 is 0 Å². The van der Waals surface area contributed by atoms with E-state index >= 15 is 0 Å². The number of rotatable bonds is 4. The lowest BCUT2D eigenvalue weighted by atomic mass is 10.2. The summed E-state index contributed by atoms with van der Waals surface area (Å²) in [6, 6.07) is 0. The van der Waals surface area contributed by atoms with Crippen LogP contribution in [0.5, 0.6) is 0 Å². The molecule has 1 aromatic heterocycles. The molecule has 0 spiro atoms. The largest absolute Gasteiger partial charge is 0.461 e. The molecule has 4 nitrogen and oxygen atoms in total. The second-order valence-electron chi connectivity index (χ2n) is 4.07.